The average molecular weight is 235 g/mol. The van der Waals surface area contributed by atoms with E-state index in [-0.39, 0.29) is 0 Å². The van der Waals surface area contributed by atoms with E-state index in [0.717, 1.165) is 18.5 Å². The SMILES string of the molecule is Nc1ccc2nc(N3CCCC(F)C3)oc2c1. The minimum Gasteiger partial charge on any atom is -0.423 e. The molecule has 17 heavy (non-hydrogen) atoms. The summed E-state index contributed by atoms with van der Waals surface area (Å²) in [4.78, 5) is 6.20. The van der Waals surface area contributed by atoms with Gasteiger partial charge in [0.1, 0.15) is 11.7 Å². The molecule has 0 saturated carbocycles. The Hall–Kier alpha value is -1.78. The summed E-state index contributed by atoms with van der Waals surface area (Å²) < 4.78 is 18.9. The molecule has 5 heteroatoms. The molecule has 1 unspecified atom stereocenters. The average Bonchev–Trinajstić information content (AvgIpc) is 2.72. The van der Waals surface area contributed by atoms with E-state index in [1.807, 2.05) is 11.0 Å². The third kappa shape index (κ3) is 1.92. The summed E-state index contributed by atoms with van der Waals surface area (Å²) in [6, 6.07) is 5.83. The van der Waals surface area contributed by atoms with Crippen molar-refractivity contribution in [3.8, 4) is 0 Å². The molecule has 1 atom stereocenters. The van der Waals surface area contributed by atoms with Gasteiger partial charge in [0, 0.05) is 18.3 Å². The van der Waals surface area contributed by atoms with E-state index < -0.39 is 6.17 Å². The highest BCUT2D eigenvalue weighted by Crippen LogP contribution is 2.26. The van der Waals surface area contributed by atoms with Crippen LogP contribution in [0.2, 0.25) is 0 Å². The number of oxazole rings is 1. The van der Waals surface area contributed by atoms with Crippen molar-refractivity contribution in [1.29, 1.82) is 0 Å². The van der Waals surface area contributed by atoms with Crippen molar-refractivity contribution in [3.05, 3.63) is 18.2 Å². The minimum atomic E-state index is -0.788. The fourth-order valence-electron chi connectivity index (χ4n) is 2.16. The van der Waals surface area contributed by atoms with Gasteiger partial charge in [-0.1, -0.05) is 0 Å². The number of alkyl halides is 1. The third-order valence-corrected chi connectivity index (χ3v) is 3.04. The number of nitrogen functional groups attached to an aromatic ring is 1. The van der Waals surface area contributed by atoms with Gasteiger partial charge in [0.25, 0.3) is 6.01 Å². The van der Waals surface area contributed by atoms with Gasteiger partial charge in [-0.2, -0.15) is 4.98 Å². The van der Waals surface area contributed by atoms with Crippen molar-refractivity contribution in [1.82, 2.24) is 4.98 Å². The molecule has 0 spiro atoms. The van der Waals surface area contributed by atoms with E-state index >= 15 is 0 Å². The number of anilines is 2. The number of hydrogen-bond acceptors (Lipinski definition) is 4. The quantitative estimate of drug-likeness (QED) is 0.771. The van der Waals surface area contributed by atoms with Gasteiger partial charge in [-0.15, -0.1) is 0 Å². The molecule has 1 aliphatic rings. The van der Waals surface area contributed by atoms with Crippen LogP contribution in [-0.4, -0.2) is 24.2 Å². The maximum atomic E-state index is 13.3. The van der Waals surface area contributed by atoms with Crippen LogP contribution in [0.4, 0.5) is 16.1 Å². The minimum absolute atomic E-state index is 0.363. The molecular formula is C12H14FN3O. The molecule has 3 rings (SSSR count). The van der Waals surface area contributed by atoms with E-state index in [9.17, 15) is 4.39 Å². The van der Waals surface area contributed by atoms with Crippen molar-refractivity contribution in [2.45, 2.75) is 19.0 Å². The summed E-state index contributed by atoms with van der Waals surface area (Å²) in [5.41, 5.74) is 7.73. The van der Waals surface area contributed by atoms with E-state index in [0.29, 0.717) is 30.3 Å². The molecule has 1 aliphatic heterocycles. The summed E-state index contributed by atoms with van der Waals surface area (Å²) >= 11 is 0. The second-order valence-corrected chi connectivity index (χ2v) is 4.41. The summed E-state index contributed by atoms with van der Waals surface area (Å²) in [6.45, 7) is 1.16. The number of halogens is 1. The van der Waals surface area contributed by atoms with Gasteiger partial charge in [-0.3, -0.25) is 0 Å². The lowest BCUT2D eigenvalue weighted by Gasteiger charge is -2.27. The van der Waals surface area contributed by atoms with Crippen LogP contribution in [0, 0.1) is 0 Å². The zero-order valence-electron chi connectivity index (χ0n) is 9.40. The molecule has 0 aliphatic carbocycles. The number of aromatic nitrogens is 1. The van der Waals surface area contributed by atoms with Gasteiger partial charge < -0.3 is 15.1 Å². The Balaban J connectivity index is 1.94. The standard InChI is InChI=1S/C12H14FN3O/c13-8-2-1-5-16(7-8)12-15-10-4-3-9(14)6-11(10)17-12/h3-4,6,8H,1-2,5,7,14H2. The number of nitrogens with zero attached hydrogens (tertiary/aromatic N) is 2. The molecular weight excluding hydrogens is 221 g/mol. The van der Waals surface area contributed by atoms with Crippen LogP contribution in [0.5, 0.6) is 0 Å². The Morgan fingerprint density at radius 3 is 3.18 bits per heavy atom. The summed E-state index contributed by atoms with van der Waals surface area (Å²) in [7, 11) is 0. The van der Waals surface area contributed by atoms with Crippen LogP contribution < -0.4 is 10.6 Å². The Morgan fingerprint density at radius 1 is 1.47 bits per heavy atom. The smallest absolute Gasteiger partial charge is 0.298 e. The van der Waals surface area contributed by atoms with Gasteiger partial charge >= 0.3 is 0 Å². The van der Waals surface area contributed by atoms with Crippen molar-refractivity contribution >= 4 is 22.8 Å². The highest BCUT2D eigenvalue weighted by molar-refractivity contribution is 5.78. The maximum Gasteiger partial charge on any atom is 0.298 e. The first-order valence-corrected chi connectivity index (χ1v) is 5.77. The first-order valence-electron chi connectivity index (χ1n) is 5.77. The fourth-order valence-corrected chi connectivity index (χ4v) is 2.16. The lowest BCUT2D eigenvalue weighted by Crippen LogP contribution is -2.36. The number of piperidine rings is 1. The molecule has 0 amide bonds. The zero-order chi connectivity index (χ0) is 11.8. The van der Waals surface area contributed by atoms with Gasteiger partial charge in [0.2, 0.25) is 0 Å². The molecule has 90 valence electrons. The monoisotopic (exact) mass is 235 g/mol. The number of rotatable bonds is 1. The molecule has 1 fully saturated rings. The van der Waals surface area contributed by atoms with Crippen LogP contribution in [-0.2, 0) is 0 Å². The van der Waals surface area contributed by atoms with Crippen LogP contribution in [0.3, 0.4) is 0 Å². The second kappa shape index (κ2) is 3.91. The lowest BCUT2D eigenvalue weighted by molar-refractivity contribution is 0.281. The Kier molecular flexibility index (Phi) is 2.39. The number of benzene rings is 1. The van der Waals surface area contributed by atoms with E-state index in [1.165, 1.54) is 0 Å². The van der Waals surface area contributed by atoms with E-state index in [1.54, 1.807) is 12.1 Å². The van der Waals surface area contributed by atoms with Crippen molar-refractivity contribution in [3.63, 3.8) is 0 Å². The Labute approximate surface area is 98.2 Å². The largest absolute Gasteiger partial charge is 0.423 e. The normalized spacial score (nSPS) is 21.0. The number of fused-ring (bicyclic) bond motifs is 1. The second-order valence-electron chi connectivity index (χ2n) is 4.41. The molecule has 4 nitrogen and oxygen atoms in total. The third-order valence-electron chi connectivity index (χ3n) is 3.04. The molecule has 2 N–H and O–H groups in total. The number of hydrogen-bond donors (Lipinski definition) is 1. The summed E-state index contributed by atoms with van der Waals surface area (Å²) in [5, 5.41) is 0. The summed E-state index contributed by atoms with van der Waals surface area (Å²) in [5.74, 6) is 0. The molecule has 2 aromatic rings. The Bertz CT molecular complexity index is 540. The highest BCUT2D eigenvalue weighted by atomic mass is 19.1. The van der Waals surface area contributed by atoms with Crippen LogP contribution in [0.15, 0.2) is 22.6 Å². The van der Waals surface area contributed by atoms with Gasteiger partial charge in [-0.05, 0) is 25.0 Å². The summed E-state index contributed by atoms with van der Waals surface area (Å²) in [6.07, 6.45) is 0.676. The zero-order valence-corrected chi connectivity index (χ0v) is 9.40. The lowest BCUT2D eigenvalue weighted by atomic mass is 10.1. The maximum absolute atomic E-state index is 13.3. The fraction of sp³-hybridized carbons (Fsp3) is 0.417. The van der Waals surface area contributed by atoms with Crippen molar-refractivity contribution in [2.24, 2.45) is 0 Å². The highest BCUT2D eigenvalue weighted by Gasteiger charge is 2.22. The van der Waals surface area contributed by atoms with Crippen LogP contribution >= 0.6 is 0 Å². The predicted octanol–water partition coefficient (Wildman–Crippen LogP) is 2.35. The first kappa shape index (κ1) is 10.4. The van der Waals surface area contributed by atoms with Crippen molar-refractivity contribution < 1.29 is 8.81 Å². The van der Waals surface area contributed by atoms with Crippen molar-refractivity contribution in [2.75, 3.05) is 23.7 Å². The van der Waals surface area contributed by atoms with Gasteiger partial charge in [0.05, 0.1) is 6.54 Å². The molecule has 2 heterocycles. The van der Waals surface area contributed by atoms with E-state index in [2.05, 4.69) is 4.98 Å². The van der Waals surface area contributed by atoms with E-state index in [4.69, 9.17) is 10.2 Å². The van der Waals surface area contributed by atoms with Crippen LogP contribution in [0.1, 0.15) is 12.8 Å². The number of nitrogens with two attached hydrogens (primary N) is 1. The predicted molar refractivity (Wildman–Crippen MR) is 64.8 cm³/mol. The molecule has 1 aromatic carbocycles. The molecule has 0 bridgehead atoms. The van der Waals surface area contributed by atoms with Crippen LogP contribution in [0.25, 0.3) is 11.1 Å². The molecule has 1 saturated heterocycles. The van der Waals surface area contributed by atoms with Gasteiger partial charge in [-0.25, -0.2) is 4.39 Å². The Morgan fingerprint density at radius 2 is 2.35 bits per heavy atom. The molecule has 0 radical (unpaired) electrons. The van der Waals surface area contributed by atoms with Gasteiger partial charge in [0.15, 0.2) is 5.58 Å². The molecule has 1 aromatic heterocycles. The first-order chi connectivity index (χ1) is 8.22. The topological polar surface area (TPSA) is 55.3 Å².